The summed E-state index contributed by atoms with van der Waals surface area (Å²) < 4.78 is 15.5. The number of hydrogen-bond acceptors (Lipinski definition) is 9. The van der Waals surface area contributed by atoms with E-state index in [1.54, 1.807) is 0 Å². The Balaban J connectivity index is 1.32. The Hall–Kier alpha value is -3.64. The Kier molecular flexibility index (Phi) is 7.28. The van der Waals surface area contributed by atoms with Gasteiger partial charge in [0.2, 0.25) is 0 Å². The van der Waals surface area contributed by atoms with Crippen LogP contribution in [-0.2, 0) is 4.79 Å². The number of aromatic nitrogens is 4. The number of Topliss-reactive ketones (excluding diaryl/α,β-unsaturated/α-hetero) is 1. The number of carbonyl (C=O) groups excluding carboxylic acids is 2. The summed E-state index contributed by atoms with van der Waals surface area (Å²) >= 11 is 0. The molecule has 0 unspecified atom stereocenters. The lowest BCUT2D eigenvalue weighted by Crippen LogP contribution is -2.36. The number of aliphatic hydroxyl groups is 1. The summed E-state index contributed by atoms with van der Waals surface area (Å²) in [5.74, 6) is -0.417. The number of rotatable bonds is 10. The zero-order valence-corrected chi connectivity index (χ0v) is 20.4. The van der Waals surface area contributed by atoms with E-state index in [2.05, 4.69) is 31.0 Å². The molecule has 11 nitrogen and oxygen atoms in total. The van der Waals surface area contributed by atoms with Crippen molar-refractivity contribution >= 4 is 34.5 Å². The van der Waals surface area contributed by atoms with Crippen LogP contribution in [0.1, 0.15) is 55.4 Å². The van der Waals surface area contributed by atoms with Gasteiger partial charge in [-0.1, -0.05) is 0 Å². The van der Waals surface area contributed by atoms with Gasteiger partial charge in [0, 0.05) is 30.8 Å². The maximum atomic E-state index is 14.0. The van der Waals surface area contributed by atoms with Crippen LogP contribution in [0.4, 0.5) is 21.6 Å². The molecule has 3 aromatic heterocycles. The number of nitrogens with zero attached hydrogens (tertiary/aromatic N) is 4. The molecule has 2 aliphatic rings. The SMILES string of the molecule is N[C@@H](CO)C(=O)CC1CCC(Nc2cc(NC3CC3)c3ncc(C(=O)Nc4ccncc4F)n3n2)CC1. The van der Waals surface area contributed by atoms with Crippen molar-refractivity contribution in [3.05, 3.63) is 42.2 Å². The molecule has 0 aliphatic heterocycles. The molecule has 2 saturated carbocycles. The lowest BCUT2D eigenvalue weighted by Gasteiger charge is -2.29. The molecule has 3 aromatic rings. The minimum absolute atomic E-state index is 0.0238. The molecule has 37 heavy (non-hydrogen) atoms. The van der Waals surface area contributed by atoms with Gasteiger partial charge in [-0.25, -0.2) is 13.9 Å². The molecule has 1 amide bonds. The van der Waals surface area contributed by atoms with Crippen molar-refractivity contribution in [3.8, 4) is 0 Å². The van der Waals surface area contributed by atoms with E-state index in [1.165, 1.54) is 23.0 Å². The third-order valence-corrected chi connectivity index (χ3v) is 6.96. The fourth-order valence-electron chi connectivity index (χ4n) is 4.67. The van der Waals surface area contributed by atoms with Gasteiger partial charge in [0.1, 0.15) is 5.82 Å². The standard InChI is InChI=1S/C25H31FN8O3/c26-17-11-28-8-7-19(17)32-25(37)21-12-29-24-20(30-15-5-6-15)10-23(33-34(21)24)31-16-3-1-14(2-4-16)9-22(36)18(27)13-35/h7-8,10-12,14-16,18,30,35H,1-6,9,13,27H2,(H,31,33)(H,28,32,37)/t14?,16?,18-/m0/s1. The second-order valence-electron chi connectivity index (χ2n) is 9.87. The van der Waals surface area contributed by atoms with Gasteiger partial charge in [0.25, 0.3) is 5.91 Å². The van der Waals surface area contributed by atoms with E-state index < -0.39 is 17.8 Å². The number of ketones is 1. The Morgan fingerprint density at radius 1 is 1.11 bits per heavy atom. The number of pyridine rings is 1. The Bertz CT molecular complexity index is 1290. The van der Waals surface area contributed by atoms with E-state index >= 15 is 0 Å². The number of anilines is 3. The molecule has 0 bridgehead atoms. The molecule has 196 valence electrons. The number of carbonyl (C=O) groups is 2. The first kappa shape index (κ1) is 25.0. The van der Waals surface area contributed by atoms with Crippen LogP contribution in [-0.4, -0.2) is 61.1 Å². The molecule has 0 spiro atoms. The van der Waals surface area contributed by atoms with E-state index in [0.717, 1.165) is 50.4 Å². The highest BCUT2D eigenvalue weighted by Gasteiger charge is 2.27. The molecule has 2 aliphatic carbocycles. The Labute approximate surface area is 213 Å². The predicted molar refractivity (Wildman–Crippen MR) is 136 cm³/mol. The maximum absolute atomic E-state index is 14.0. The van der Waals surface area contributed by atoms with Crippen molar-refractivity contribution in [2.24, 2.45) is 11.7 Å². The van der Waals surface area contributed by atoms with E-state index in [9.17, 15) is 14.0 Å². The van der Waals surface area contributed by atoms with Crippen LogP contribution in [0.25, 0.3) is 5.65 Å². The van der Waals surface area contributed by atoms with Crippen LogP contribution in [0.3, 0.4) is 0 Å². The van der Waals surface area contributed by atoms with Gasteiger partial charge in [-0.3, -0.25) is 14.6 Å². The summed E-state index contributed by atoms with van der Waals surface area (Å²) in [6.45, 7) is -0.327. The fourth-order valence-corrected chi connectivity index (χ4v) is 4.67. The van der Waals surface area contributed by atoms with Gasteiger partial charge < -0.3 is 26.8 Å². The van der Waals surface area contributed by atoms with E-state index in [0.29, 0.717) is 23.9 Å². The zero-order valence-electron chi connectivity index (χ0n) is 20.4. The monoisotopic (exact) mass is 510 g/mol. The molecular formula is C25H31FN8O3. The topological polar surface area (TPSA) is 160 Å². The van der Waals surface area contributed by atoms with Crippen LogP contribution in [0.5, 0.6) is 0 Å². The largest absolute Gasteiger partial charge is 0.394 e. The van der Waals surface area contributed by atoms with Crippen molar-refractivity contribution < 1.29 is 19.1 Å². The summed E-state index contributed by atoms with van der Waals surface area (Å²) in [7, 11) is 0. The third-order valence-electron chi connectivity index (χ3n) is 6.96. The number of halogens is 1. The van der Waals surface area contributed by atoms with Gasteiger partial charge >= 0.3 is 0 Å². The highest BCUT2D eigenvalue weighted by atomic mass is 19.1. The first-order valence-corrected chi connectivity index (χ1v) is 12.6. The van der Waals surface area contributed by atoms with Gasteiger partial charge in [0.15, 0.2) is 22.9 Å². The fraction of sp³-hybridized carbons (Fsp3) is 0.480. The minimum Gasteiger partial charge on any atom is -0.394 e. The van der Waals surface area contributed by atoms with Gasteiger partial charge in [-0.05, 0) is 50.5 Å². The van der Waals surface area contributed by atoms with Gasteiger partial charge in [-0.15, -0.1) is 5.10 Å². The third kappa shape index (κ3) is 5.86. The highest BCUT2D eigenvalue weighted by molar-refractivity contribution is 6.03. The summed E-state index contributed by atoms with van der Waals surface area (Å²) in [4.78, 5) is 33.2. The van der Waals surface area contributed by atoms with E-state index in [4.69, 9.17) is 10.8 Å². The molecule has 6 N–H and O–H groups in total. The summed E-state index contributed by atoms with van der Waals surface area (Å²) in [6, 6.07) is 3.00. The van der Waals surface area contributed by atoms with Crippen molar-refractivity contribution in [1.29, 1.82) is 0 Å². The quantitative estimate of drug-likeness (QED) is 0.276. The zero-order chi connectivity index (χ0) is 25.9. The second-order valence-corrected chi connectivity index (χ2v) is 9.87. The molecule has 1 atom stereocenters. The molecule has 5 rings (SSSR count). The van der Waals surface area contributed by atoms with Crippen LogP contribution in [0, 0.1) is 11.7 Å². The first-order chi connectivity index (χ1) is 17.9. The number of amides is 1. The average Bonchev–Trinajstić information content (AvgIpc) is 3.61. The summed E-state index contributed by atoms with van der Waals surface area (Å²) in [5, 5.41) is 23.2. The average molecular weight is 511 g/mol. The first-order valence-electron chi connectivity index (χ1n) is 12.6. The van der Waals surface area contributed by atoms with Gasteiger partial charge in [-0.2, -0.15) is 0 Å². The minimum atomic E-state index is -0.805. The van der Waals surface area contributed by atoms with Gasteiger partial charge in [0.05, 0.1) is 36.4 Å². The number of aliphatic hydroxyl groups excluding tert-OH is 1. The predicted octanol–water partition coefficient (Wildman–Crippen LogP) is 2.34. The molecule has 3 heterocycles. The second kappa shape index (κ2) is 10.8. The number of nitrogens with one attached hydrogen (secondary N) is 3. The lowest BCUT2D eigenvalue weighted by molar-refractivity contribution is -0.122. The van der Waals surface area contributed by atoms with Crippen molar-refractivity contribution in [2.45, 2.75) is 63.1 Å². The molecular weight excluding hydrogens is 479 g/mol. The van der Waals surface area contributed by atoms with Crippen LogP contribution < -0.4 is 21.7 Å². The Morgan fingerprint density at radius 2 is 1.84 bits per heavy atom. The molecule has 0 saturated heterocycles. The van der Waals surface area contributed by atoms with Crippen LogP contribution >= 0.6 is 0 Å². The number of hydrogen-bond donors (Lipinski definition) is 5. The molecule has 12 heteroatoms. The number of imidazole rings is 1. The maximum Gasteiger partial charge on any atom is 0.276 e. The smallest absolute Gasteiger partial charge is 0.276 e. The summed E-state index contributed by atoms with van der Waals surface area (Å²) in [5.41, 5.74) is 7.14. The van der Waals surface area contributed by atoms with Crippen LogP contribution in [0.2, 0.25) is 0 Å². The normalized spacial score (nSPS) is 20.4. The summed E-state index contributed by atoms with van der Waals surface area (Å²) in [6.07, 6.45) is 9.83. The number of nitrogens with two attached hydrogens (primary N) is 1. The van der Waals surface area contributed by atoms with Crippen molar-refractivity contribution in [1.82, 2.24) is 19.6 Å². The number of fused-ring (bicyclic) bond motifs is 1. The highest BCUT2D eigenvalue weighted by Crippen LogP contribution is 2.32. The molecule has 0 aromatic carbocycles. The van der Waals surface area contributed by atoms with E-state index in [1.807, 2.05) is 6.07 Å². The lowest BCUT2D eigenvalue weighted by atomic mass is 9.82. The van der Waals surface area contributed by atoms with E-state index in [-0.39, 0.29) is 35.7 Å². The molecule has 0 radical (unpaired) electrons. The molecule has 2 fully saturated rings. The van der Waals surface area contributed by atoms with Crippen molar-refractivity contribution in [3.63, 3.8) is 0 Å². The Morgan fingerprint density at radius 3 is 2.54 bits per heavy atom. The van der Waals surface area contributed by atoms with Crippen molar-refractivity contribution in [2.75, 3.05) is 22.6 Å². The van der Waals surface area contributed by atoms with Crippen LogP contribution in [0.15, 0.2) is 30.7 Å².